The normalized spacial score (nSPS) is 16.2. The van der Waals surface area contributed by atoms with E-state index in [9.17, 15) is 17.6 Å². The molecule has 1 fully saturated rings. The summed E-state index contributed by atoms with van der Waals surface area (Å²) in [5, 5.41) is 2.88. The molecule has 0 saturated carbocycles. The molecular formula is C20H21FN4O3S. The van der Waals surface area contributed by atoms with Gasteiger partial charge in [0.2, 0.25) is 15.9 Å². The molecule has 0 spiro atoms. The Kier molecular flexibility index (Phi) is 5.33. The number of aromatic nitrogens is 2. The van der Waals surface area contributed by atoms with Crippen molar-refractivity contribution < 1.29 is 17.6 Å². The predicted octanol–water partition coefficient (Wildman–Crippen LogP) is 3.13. The number of nitrogens with one attached hydrogen (secondary N) is 2. The zero-order valence-corrected chi connectivity index (χ0v) is 16.5. The minimum Gasteiger partial charge on any atom is -0.345 e. The second-order valence-corrected chi connectivity index (χ2v) is 9.13. The Hall–Kier alpha value is -2.78. The first-order chi connectivity index (χ1) is 13.9. The van der Waals surface area contributed by atoms with Gasteiger partial charge in [0.05, 0.1) is 22.3 Å². The van der Waals surface area contributed by atoms with Crippen LogP contribution in [0.25, 0.3) is 11.0 Å². The first-order valence-electron chi connectivity index (χ1n) is 9.40. The second-order valence-electron chi connectivity index (χ2n) is 7.19. The number of imidazole rings is 1. The Morgan fingerprint density at radius 2 is 2.00 bits per heavy atom. The van der Waals surface area contributed by atoms with Crippen molar-refractivity contribution in [3.05, 3.63) is 54.6 Å². The number of halogens is 1. The average Bonchev–Trinajstić information content (AvgIpc) is 3.16. The van der Waals surface area contributed by atoms with Gasteiger partial charge < -0.3 is 10.3 Å². The zero-order chi connectivity index (χ0) is 20.4. The molecule has 152 valence electrons. The summed E-state index contributed by atoms with van der Waals surface area (Å²) < 4.78 is 40.1. The van der Waals surface area contributed by atoms with Crippen LogP contribution in [0.15, 0.2) is 53.7 Å². The first kappa shape index (κ1) is 19.5. The second kappa shape index (κ2) is 7.92. The van der Waals surface area contributed by atoms with Crippen molar-refractivity contribution in [1.29, 1.82) is 0 Å². The monoisotopic (exact) mass is 416 g/mol. The van der Waals surface area contributed by atoms with Gasteiger partial charge in [-0.1, -0.05) is 6.07 Å². The molecule has 7 nitrogen and oxygen atoms in total. The minimum absolute atomic E-state index is 0.0390. The Morgan fingerprint density at radius 1 is 1.21 bits per heavy atom. The summed E-state index contributed by atoms with van der Waals surface area (Å²) in [5.74, 6) is -0.578. The van der Waals surface area contributed by atoms with Crippen LogP contribution >= 0.6 is 0 Å². The number of amides is 1. The highest BCUT2D eigenvalue weighted by molar-refractivity contribution is 7.89. The van der Waals surface area contributed by atoms with Crippen LogP contribution in [0, 0.1) is 11.7 Å². The van der Waals surface area contributed by atoms with E-state index in [4.69, 9.17) is 0 Å². The van der Waals surface area contributed by atoms with E-state index in [1.54, 1.807) is 12.4 Å². The fourth-order valence-electron chi connectivity index (χ4n) is 3.62. The zero-order valence-electron chi connectivity index (χ0n) is 15.6. The lowest BCUT2D eigenvalue weighted by Gasteiger charge is -2.31. The fourth-order valence-corrected chi connectivity index (χ4v) is 5.12. The molecule has 0 bridgehead atoms. The van der Waals surface area contributed by atoms with E-state index in [1.807, 2.05) is 12.1 Å². The standard InChI is InChI=1S/C20H21FN4O3S/c21-15-2-1-3-17(11-15)29(27,28)25-8-6-14(7-9-25)10-20(26)24-16-4-5-18-19(12-16)23-13-22-18/h1-5,11-14H,6-10H2,(H,22,23)(H,24,26). The smallest absolute Gasteiger partial charge is 0.243 e. The molecule has 0 unspecified atom stereocenters. The van der Waals surface area contributed by atoms with Crippen molar-refractivity contribution in [1.82, 2.24) is 14.3 Å². The fraction of sp³-hybridized carbons (Fsp3) is 0.300. The van der Waals surface area contributed by atoms with Crippen molar-refractivity contribution >= 4 is 32.7 Å². The van der Waals surface area contributed by atoms with E-state index in [-0.39, 0.29) is 16.7 Å². The average molecular weight is 416 g/mol. The van der Waals surface area contributed by atoms with Crippen LogP contribution < -0.4 is 5.32 Å². The summed E-state index contributed by atoms with van der Waals surface area (Å²) in [6.07, 6.45) is 3.10. The van der Waals surface area contributed by atoms with Crippen LogP contribution in [-0.4, -0.2) is 41.7 Å². The number of hydrogen-bond acceptors (Lipinski definition) is 4. The van der Waals surface area contributed by atoms with Gasteiger partial charge in [-0.2, -0.15) is 4.31 Å². The number of sulfonamides is 1. The Balaban J connectivity index is 1.33. The van der Waals surface area contributed by atoms with Gasteiger partial charge in [0.25, 0.3) is 0 Å². The van der Waals surface area contributed by atoms with Gasteiger partial charge in [-0.3, -0.25) is 4.79 Å². The maximum absolute atomic E-state index is 13.4. The number of rotatable bonds is 5. The third kappa shape index (κ3) is 4.30. The van der Waals surface area contributed by atoms with Crippen molar-refractivity contribution in [2.24, 2.45) is 5.92 Å². The van der Waals surface area contributed by atoms with E-state index in [0.29, 0.717) is 38.0 Å². The van der Waals surface area contributed by atoms with Crippen molar-refractivity contribution in [2.45, 2.75) is 24.2 Å². The molecule has 2 N–H and O–H groups in total. The number of benzene rings is 2. The molecule has 1 amide bonds. The van der Waals surface area contributed by atoms with E-state index in [2.05, 4.69) is 15.3 Å². The lowest BCUT2D eigenvalue weighted by Crippen LogP contribution is -2.39. The molecule has 3 aromatic rings. The largest absolute Gasteiger partial charge is 0.345 e. The molecule has 0 radical (unpaired) electrons. The number of hydrogen-bond donors (Lipinski definition) is 2. The number of fused-ring (bicyclic) bond motifs is 1. The molecule has 29 heavy (non-hydrogen) atoms. The van der Waals surface area contributed by atoms with Crippen molar-refractivity contribution in [3.63, 3.8) is 0 Å². The third-order valence-corrected chi connectivity index (χ3v) is 7.08. The molecule has 0 aliphatic carbocycles. The molecule has 1 aromatic heterocycles. The molecule has 2 aromatic carbocycles. The summed E-state index contributed by atoms with van der Waals surface area (Å²) in [6, 6.07) is 10.5. The minimum atomic E-state index is -3.72. The Morgan fingerprint density at radius 3 is 2.76 bits per heavy atom. The van der Waals surface area contributed by atoms with E-state index < -0.39 is 15.8 Å². The van der Waals surface area contributed by atoms with Crippen LogP contribution in [0.1, 0.15) is 19.3 Å². The molecule has 4 rings (SSSR count). The Labute approximate surface area is 168 Å². The summed E-state index contributed by atoms with van der Waals surface area (Å²) in [7, 11) is -3.72. The Bertz CT molecular complexity index is 1140. The number of aromatic amines is 1. The summed E-state index contributed by atoms with van der Waals surface area (Å²) in [4.78, 5) is 19.5. The molecule has 1 aliphatic heterocycles. The number of nitrogens with zero attached hydrogens (tertiary/aromatic N) is 2. The highest BCUT2D eigenvalue weighted by Gasteiger charge is 2.30. The lowest BCUT2D eigenvalue weighted by atomic mass is 9.94. The van der Waals surface area contributed by atoms with E-state index in [0.717, 1.165) is 17.1 Å². The quantitative estimate of drug-likeness (QED) is 0.668. The first-order valence-corrected chi connectivity index (χ1v) is 10.8. The van der Waals surface area contributed by atoms with Crippen LogP contribution in [0.3, 0.4) is 0 Å². The molecular weight excluding hydrogens is 395 g/mol. The maximum Gasteiger partial charge on any atom is 0.243 e. The van der Waals surface area contributed by atoms with Gasteiger partial charge in [0.15, 0.2) is 0 Å². The number of H-pyrrole nitrogens is 1. The van der Waals surface area contributed by atoms with Crippen LogP contribution in [-0.2, 0) is 14.8 Å². The summed E-state index contributed by atoms with van der Waals surface area (Å²) in [5.41, 5.74) is 2.37. The number of carbonyl (C=O) groups excluding carboxylic acids is 1. The number of piperidine rings is 1. The van der Waals surface area contributed by atoms with Crippen LogP contribution in [0.5, 0.6) is 0 Å². The van der Waals surface area contributed by atoms with Crippen LogP contribution in [0.2, 0.25) is 0 Å². The predicted molar refractivity (Wildman–Crippen MR) is 107 cm³/mol. The van der Waals surface area contributed by atoms with Gasteiger partial charge in [0, 0.05) is 25.2 Å². The van der Waals surface area contributed by atoms with E-state index in [1.165, 1.54) is 22.5 Å². The van der Waals surface area contributed by atoms with Gasteiger partial charge in [-0.25, -0.2) is 17.8 Å². The highest BCUT2D eigenvalue weighted by atomic mass is 32.2. The molecule has 1 aliphatic rings. The van der Waals surface area contributed by atoms with Crippen molar-refractivity contribution in [3.8, 4) is 0 Å². The third-order valence-electron chi connectivity index (χ3n) is 5.19. The van der Waals surface area contributed by atoms with Gasteiger partial charge in [0.1, 0.15) is 5.82 Å². The van der Waals surface area contributed by atoms with Gasteiger partial charge in [-0.15, -0.1) is 0 Å². The molecule has 2 heterocycles. The molecule has 9 heteroatoms. The summed E-state index contributed by atoms with van der Waals surface area (Å²) >= 11 is 0. The van der Waals surface area contributed by atoms with Crippen LogP contribution in [0.4, 0.5) is 10.1 Å². The van der Waals surface area contributed by atoms with E-state index >= 15 is 0 Å². The number of anilines is 1. The van der Waals surface area contributed by atoms with Crippen molar-refractivity contribution in [2.75, 3.05) is 18.4 Å². The maximum atomic E-state index is 13.4. The van der Waals surface area contributed by atoms with Gasteiger partial charge >= 0.3 is 0 Å². The topological polar surface area (TPSA) is 95.2 Å². The van der Waals surface area contributed by atoms with Gasteiger partial charge in [-0.05, 0) is 55.2 Å². The molecule has 1 saturated heterocycles. The molecule has 0 atom stereocenters. The highest BCUT2D eigenvalue weighted by Crippen LogP contribution is 2.26. The summed E-state index contributed by atoms with van der Waals surface area (Å²) in [6.45, 7) is 0.633. The lowest BCUT2D eigenvalue weighted by molar-refractivity contribution is -0.117. The SMILES string of the molecule is O=C(CC1CCN(S(=O)(=O)c2cccc(F)c2)CC1)Nc1ccc2nc[nH]c2c1. The number of carbonyl (C=O) groups is 1.